The van der Waals surface area contributed by atoms with E-state index in [-0.39, 0.29) is 5.91 Å². The number of aromatic nitrogens is 2. The first-order valence-corrected chi connectivity index (χ1v) is 10.2. The molecule has 3 aromatic rings. The van der Waals surface area contributed by atoms with E-state index in [4.69, 9.17) is 0 Å². The van der Waals surface area contributed by atoms with Crippen LogP contribution in [0.1, 0.15) is 34.3 Å². The molecule has 29 heavy (non-hydrogen) atoms. The number of pyridine rings is 2. The normalized spacial score (nSPS) is 14.6. The molecule has 5 nitrogen and oxygen atoms in total. The second-order valence-electron chi connectivity index (χ2n) is 7.57. The Morgan fingerprint density at radius 1 is 0.966 bits per heavy atom. The Morgan fingerprint density at radius 2 is 1.72 bits per heavy atom. The summed E-state index contributed by atoms with van der Waals surface area (Å²) in [4.78, 5) is 23.2. The van der Waals surface area contributed by atoms with Crippen LogP contribution in [0.25, 0.3) is 0 Å². The van der Waals surface area contributed by atoms with E-state index in [1.165, 1.54) is 5.56 Å². The maximum atomic E-state index is 12.8. The summed E-state index contributed by atoms with van der Waals surface area (Å²) in [7, 11) is 0. The molecule has 5 heteroatoms. The minimum absolute atomic E-state index is 0.0799. The van der Waals surface area contributed by atoms with Crippen molar-refractivity contribution >= 4 is 11.7 Å². The third-order valence-corrected chi connectivity index (χ3v) is 5.50. The van der Waals surface area contributed by atoms with Gasteiger partial charge in [-0.25, -0.2) is 4.98 Å². The number of carbonyl (C=O) groups excluding carboxylic acids is 1. The van der Waals surface area contributed by atoms with Gasteiger partial charge in [-0.2, -0.15) is 0 Å². The summed E-state index contributed by atoms with van der Waals surface area (Å²) in [6.45, 7) is 2.31. The number of hydrogen-bond donors (Lipinski definition) is 1. The molecule has 0 radical (unpaired) electrons. The van der Waals surface area contributed by atoms with Crippen molar-refractivity contribution in [3.63, 3.8) is 0 Å². The molecule has 0 spiro atoms. The Morgan fingerprint density at radius 3 is 2.41 bits per heavy atom. The quantitative estimate of drug-likeness (QED) is 0.690. The maximum Gasteiger partial charge on any atom is 0.255 e. The number of rotatable bonds is 6. The van der Waals surface area contributed by atoms with Gasteiger partial charge in [0.15, 0.2) is 0 Å². The SMILES string of the molecule is O=C(c1ccc(NCc2ccncc2)nc1)N1CCC(Cc2ccccc2)CC1. The molecule has 1 N–H and O–H groups in total. The molecular weight excluding hydrogens is 360 g/mol. The fourth-order valence-electron chi connectivity index (χ4n) is 3.79. The van der Waals surface area contributed by atoms with Gasteiger partial charge in [-0.05, 0) is 60.6 Å². The van der Waals surface area contributed by atoms with Crippen LogP contribution in [0.5, 0.6) is 0 Å². The Hall–Kier alpha value is -3.21. The van der Waals surface area contributed by atoms with Crippen molar-refractivity contribution in [2.24, 2.45) is 5.92 Å². The van der Waals surface area contributed by atoms with Crippen molar-refractivity contribution in [3.05, 3.63) is 89.9 Å². The summed E-state index contributed by atoms with van der Waals surface area (Å²) >= 11 is 0. The van der Waals surface area contributed by atoms with Crippen LogP contribution in [0.4, 0.5) is 5.82 Å². The molecule has 1 aliphatic heterocycles. The van der Waals surface area contributed by atoms with E-state index in [1.54, 1.807) is 18.6 Å². The number of nitrogens with zero attached hydrogens (tertiary/aromatic N) is 3. The van der Waals surface area contributed by atoms with Gasteiger partial charge in [0.1, 0.15) is 5.82 Å². The summed E-state index contributed by atoms with van der Waals surface area (Å²) in [6.07, 6.45) is 8.43. The van der Waals surface area contributed by atoms with Crippen LogP contribution in [-0.2, 0) is 13.0 Å². The highest BCUT2D eigenvalue weighted by Gasteiger charge is 2.24. The number of carbonyl (C=O) groups is 1. The van der Waals surface area contributed by atoms with Crippen molar-refractivity contribution in [1.29, 1.82) is 0 Å². The summed E-state index contributed by atoms with van der Waals surface area (Å²) in [5, 5.41) is 3.27. The maximum absolute atomic E-state index is 12.8. The third kappa shape index (κ3) is 5.19. The van der Waals surface area contributed by atoms with Gasteiger partial charge in [-0.15, -0.1) is 0 Å². The van der Waals surface area contributed by atoms with Crippen LogP contribution < -0.4 is 5.32 Å². The van der Waals surface area contributed by atoms with Crippen LogP contribution in [0.2, 0.25) is 0 Å². The minimum Gasteiger partial charge on any atom is -0.366 e. The van der Waals surface area contributed by atoms with E-state index in [2.05, 4.69) is 45.6 Å². The summed E-state index contributed by atoms with van der Waals surface area (Å²) in [5.41, 5.74) is 3.18. The molecule has 4 rings (SSSR count). The smallest absolute Gasteiger partial charge is 0.255 e. The van der Waals surface area contributed by atoms with E-state index < -0.39 is 0 Å². The Balaban J connectivity index is 1.27. The lowest BCUT2D eigenvalue weighted by Gasteiger charge is -2.32. The van der Waals surface area contributed by atoms with Gasteiger partial charge in [0.05, 0.1) is 5.56 Å². The monoisotopic (exact) mass is 386 g/mol. The van der Waals surface area contributed by atoms with E-state index >= 15 is 0 Å². The second kappa shape index (κ2) is 9.32. The van der Waals surface area contributed by atoms with Gasteiger partial charge in [0.2, 0.25) is 0 Å². The van der Waals surface area contributed by atoms with Crippen molar-refractivity contribution in [1.82, 2.24) is 14.9 Å². The summed E-state index contributed by atoms with van der Waals surface area (Å²) in [5.74, 6) is 1.50. The first kappa shape index (κ1) is 19.1. The molecule has 0 atom stereocenters. The van der Waals surface area contributed by atoms with Gasteiger partial charge in [-0.1, -0.05) is 30.3 Å². The lowest BCUT2D eigenvalue weighted by molar-refractivity contribution is 0.0690. The van der Waals surface area contributed by atoms with E-state index in [1.807, 2.05) is 29.2 Å². The molecule has 1 amide bonds. The average molecular weight is 386 g/mol. The van der Waals surface area contributed by atoms with Gasteiger partial charge in [-0.3, -0.25) is 9.78 Å². The Labute approximate surface area is 171 Å². The molecule has 0 aliphatic carbocycles. The van der Waals surface area contributed by atoms with Gasteiger partial charge in [0, 0.05) is 38.2 Å². The fraction of sp³-hybridized carbons (Fsp3) is 0.292. The van der Waals surface area contributed by atoms with Gasteiger partial charge in [0.25, 0.3) is 5.91 Å². The zero-order valence-electron chi connectivity index (χ0n) is 16.5. The molecule has 0 bridgehead atoms. The molecule has 1 saturated heterocycles. The molecule has 1 fully saturated rings. The van der Waals surface area contributed by atoms with Crippen molar-refractivity contribution in [2.45, 2.75) is 25.8 Å². The largest absolute Gasteiger partial charge is 0.366 e. The fourth-order valence-corrected chi connectivity index (χ4v) is 3.79. The Bertz CT molecular complexity index is 905. The molecule has 0 saturated carbocycles. The Kier molecular flexibility index (Phi) is 6.15. The molecule has 3 heterocycles. The van der Waals surface area contributed by atoms with Crippen molar-refractivity contribution in [2.75, 3.05) is 18.4 Å². The molecular formula is C24H26N4O. The zero-order valence-corrected chi connectivity index (χ0v) is 16.5. The number of nitrogens with one attached hydrogen (secondary N) is 1. The lowest BCUT2D eigenvalue weighted by Crippen LogP contribution is -2.39. The van der Waals surface area contributed by atoms with Crippen molar-refractivity contribution in [3.8, 4) is 0 Å². The average Bonchev–Trinajstić information content (AvgIpc) is 2.79. The van der Waals surface area contributed by atoms with Crippen molar-refractivity contribution < 1.29 is 4.79 Å². The number of likely N-dealkylation sites (tertiary alicyclic amines) is 1. The number of piperidine rings is 1. The number of amides is 1. The van der Waals surface area contributed by atoms with E-state index in [9.17, 15) is 4.79 Å². The van der Waals surface area contributed by atoms with Crippen LogP contribution in [0.3, 0.4) is 0 Å². The standard InChI is InChI=1S/C24H26N4O/c29-24(28-14-10-20(11-15-28)16-19-4-2-1-3-5-19)22-6-7-23(27-18-22)26-17-21-8-12-25-13-9-21/h1-9,12-13,18,20H,10-11,14-17H2,(H,26,27). The van der Waals surface area contributed by atoms with E-state index in [0.29, 0.717) is 18.0 Å². The summed E-state index contributed by atoms with van der Waals surface area (Å²) in [6, 6.07) is 18.3. The van der Waals surface area contributed by atoms with Crippen LogP contribution in [-0.4, -0.2) is 33.9 Å². The first-order valence-electron chi connectivity index (χ1n) is 10.2. The minimum atomic E-state index is 0.0799. The number of hydrogen-bond acceptors (Lipinski definition) is 4. The highest BCUT2D eigenvalue weighted by atomic mass is 16.2. The topological polar surface area (TPSA) is 58.1 Å². The molecule has 1 aromatic carbocycles. The molecule has 2 aromatic heterocycles. The first-order chi connectivity index (χ1) is 14.3. The lowest BCUT2D eigenvalue weighted by atomic mass is 9.90. The highest BCUT2D eigenvalue weighted by Crippen LogP contribution is 2.23. The van der Waals surface area contributed by atoms with Crippen LogP contribution in [0.15, 0.2) is 73.2 Å². The number of anilines is 1. The zero-order chi connectivity index (χ0) is 19.9. The predicted octanol–water partition coefficient (Wildman–Crippen LogP) is 4.18. The summed E-state index contributed by atoms with van der Waals surface area (Å²) < 4.78 is 0. The number of benzene rings is 1. The molecule has 1 aliphatic rings. The van der Waals surface area contributed by atoms with Gasteiger partial charge < -0.3 is 10.2 Å². The molecule has 0 unspecified atom stereocenters. The van der Waals surface area contributed by atoms with Gasteiger partial charge >= 0.3 is 0 Å². The highest BCUT2D eigenvalue weighted by molar-refractivity contribution is 5.94. The second-order valence-corrected chi connectivity index (χ2v) is 7.57. The van der Waals surface area contributed by atoms with Crippen LogP contribution >= 0.6 is 0 Å². The van der Waals surface area contributed by atoms with Crippen LogP contribution in [0, 0.1) is 5.92 Å². The molecule has 148 valence electrons. The van der Waals surface area contributed by atoms with E-state index in [0.717, 1.165) is 43.7 Å². The third-order valence-electron chi connectivity index (χ3n) is 5.50. The predicted molar refractivity (Wildman–Crippen MR) is 115 cm³/mol.